The summed E-state index contributed by atoms with van der Waals surface area (Å²) in [4.78, 5) is 29.7. The number of hydrogen-bond donors (Lipinski definition) is 1. The first-order valence-corrected chi connectivity index (χ1v) is 12.9. The van der Waals surface area contributed by atoms with Crippen molar-refractivity contribution in [2.75, 3.05) is 24.5 Å². The second-order valence-corrected chi connectivity index (χ2v) is 10.9. The summed E-state index contributed by atoms with van der Waals surface area (Å²) in [5.41, 5.74) is 2.52. The van der Waals surface area contributed by atoms with Crippen LogP contribution in [0, 0.1) is 5.41 Å². The van der Waals surface area contributed by atoms with E-state index in [1.807, 2.05) is 20.8 Å². The summed E-state index contributed by atoms with van der Waals surface area (Å²) in [6.07, 6.45) is 3.08. The summed E-state index contributed by atoms with van der Waals surface area (Å²) >= 11 is 0. The number of ether oxygens (including phenoxy) is 1. The van der Waals surface area contributed by atoms with Gasteiger partial charge in [-0.2, -0.15) is 4.98 Å². The third-order valence-corrected chi connectivity index (χ3v) is 7.58. The van der Waals surface area contributed by atoms with Crippen molar-refractivity contribution < 1.29 is 14.6 Å². The van der Waals surface area contributed by atoms with Crippen LogP contribution < -0.4 is 9.64 Å². The lowest BCUT2D eigenvalue weighted by Gasteiger charge is -2.36. The lowest BCUT2D eigenvalue weighted by molar-refractivity contribution is 0.0558. The average Bonchev–Trinajstić information content (AvgIpc) is 3.47. The Morgan fingerprint density at radius 2 is 1.81 bits per heavy atom. The van der Waals surface area contributed by atoms with Gasteiger partial charge in [0.25, 0.3) is 0 Å². The zero-order valence-electron chi connectivity index (χ0n) is 21.6. The quantitative estimate of drug-likeness (QED) is 0.548. The van der Waals surface area contributed by atoms with E-state index in [1.165, 1.54) is 16.8 Å². The minimum atomic E-state index is -0.912. The number of imidazole rings is 1. The molecule has 9 nitrogen and oxygen atoms in total. The van der Waals surface area contributed by atoms with Crippen molar-refractivity contribution in [2.45, 2.75) is 71.6 Å². The number of hydrogen-bond acceptors (Lipinski definition) is 6. The fourth-order valence-electron chi connectivity index (χ4n) is 5.93. The van der Waals surface area contributed by atoms with E-state index in [0.717, 1.165) is 44.1 Å². The van der Waals surface area contributed by atoms with Crippen LogP contribution in [0.1, 0.15) is 58.4 Å². The second-order valence-electron chi connectivity index (χ2n) is 10.9. The summed E-state index contributed by atoms with van der Waals surface area (Å²) in [5.74, 6) is 1.89. The molecule has 0 radical (unpaired) electrons. The van der Waals surface area contributed by atoms with E-state index < -0.39 is 6.09 Å². The Hall–Kier alpha value is -3.36. The van der Waals surface area contributed by atoms with Gasteiger partial charge in [-0.1, -0.05) is 51.1 Å². The van der Waals surface area contributed by atoms with Crippen molar-refractivity contribution in [2.24, 2.45) is 5.41 Å². The Bertz CT molecular complexity index is 1210. The van der Waals surface area contributed by atoms with Crippen molar-refractivity contribution in [1.82, 2.24) is 24.4 Å². The molecule has 9 heteroatoms. The first-order chi connectivity index (χ1) is 17.3. The van der Waals surface area contributed by atoms with E-state index >= 15 is 0 Å². The van der Waals surface area contributed by atoms with Crippen LogP contribution in [0.4, 0.5) is 10.7 Å². The Morgan fingerprint density at radius 1 is 1.08 bits per heavy atom. The second kappa shape index (κ2) is 9.59. The fourth-order valence-corrected chi connectivity index (χ4v) is 5.93. The summed E-state index contributed by atoms with van der Waals surface area (Å²) in [6, 6.07) is 10.5. The Balaban J connectivity index is 1.41. The molecule has 3 aromatic rings. The number of aryl methyl sites for hydroxylation is 1. The highest BCUT2D eigenvalue weighted by Gasteiger charge is 2.46. The van der Waals surface area contributed by atoms with Crippen LogP contribution in [0.3, 0.4) is 0 Å². The number of rotatable bonds is 5. The molecule has 4 heterocycles. The van der Waals surface area contributed by atoms with E-state index in [4.69, 9.17) is 9.72 Å². The van der Waals surface area contributed by atoms with Gasteiger partial charge in [-0.3, -0.25) is 4.57 Å². The lowest BCUT2D eigenvalue weighted by Crippen LogP contribution is -2.48. The van der Waals surface area contributed by atoms with Crippen LogP contribution >= 0.6 is 0 Å². The standard InChI is InChI=1S/C27H36N6O3/c1-5-32-23-21(30-25(32)31-14-11-19(12-15-31)18-9-7-6-8-10-18)24(29-17-28-23)36-20-13-16-33(26(34)35)22(20)27(2,3)4/h6-10,17,19-20,22H,5,11-16H2,1-4H3,(H,34,35). The molecule has 2 fully saturated rings. The summed E-state index contributed by atoms with van der Waals surface area (Å²) in [6.45, 7) is 11.3. The predicted octanol–water partition coefficient (Wildman–Crippen LogP) is 4.78. The molecule has 2 aromatic heterocycles. The molecule has 5 rings (SSSR count). The average molecular weight is 493 g/mol. The van der Waals surface area contributed by atoms with Crippen molar-refractivity contribution in [1.29, 1.82) is 0 Å². The Kier molecular flexibility index (Phi) is 6.49. The van der Waals surface area contributed by atoms with E-state index in [0.29, 0.717) is 30.3 Å². The number of amides is 1. The van der Waals surface area contributed by atoms with E-state index in [1.54, 1.807) is 0 Å². The first-order valence-electron chi connectivity index (χ1n) is 12.9. The number of carboxylic acid groups (broad SMARTS) is 1. The fraction of sp³-hybridized carbons (Fsp3) is 0.556. The molecule has 2 saturated heterocycles. The zero-order valence-corrected chi connectivity index (χ0v) is 21.6. The van der Waals surface area contributed by atoms with Gasteiger partial charge < -0.3 is 19.6 Å². The molecule has 2 aliphatic rings. The van der Waals surface area contributed by atoms with Crippen LogP contribution in [-0.4, -0.2) is 67.4 Å². The van der Waals surface area contributed by atoms with Gasteiger partial charge in [0.05, 0.1) is 6.04 Å². The van der Waals surface area contributed by atoms with Crippen molar-refractivity contribution in [3.05, 3.63) is 42.2 Å². The molecule has 192 valence electrons. The highest BCUT2D eigenvalue weighted by atomic mass is 16.5. The van der Waals surface area contributed by atoms with Crippen LogP contribution in [0.5, 0.6) is 5.88 Å². The van der Waals surface area contributed by atoms with Crippen molar-refractivity contribution >= 4 is 23.2 Å². The first kappa shape index (κ1) is 24.3. The lowest BCUT2D eigenvalue weighted by atomic mass is 9.84. The van der Waals surface area contributed by atoms with E-state index in [-0.39, 0.29) is 17.6 Å². The molecule has 0 saturated carbocycles. The van der Waals surface area contributed by atoms with Gasteiger partial charge in [0.1, 0.15) is 12.4 Å². The number of aromatic nitrogens is 4. The molecule has 2 unspecified atom stereocenters. The molecule has 1 aromatic carbocycles. The van der Waals surface area contributed by atoms with Crippen LogP contribution in [0.2, 0.25) is 0 Å². The summed E-state index contributed by atoms with van der Waals surface area (Å²) < 4.78 is 8.56. The molecule has 36 heavy (non-hydrogen) atoms. The van der Waals surface area contributed by atoms with Gasteiger partial charge in [0.15, 0.2) is 11.2 Å². The number of likely N-dealkylation sites (tertiary alicyclic amines) is 1. The van der Waals surface area contributed by atoms with Crippen LogP contribution in [-0.2, 0) is 6.54 Å². The maximum absolute atomic E-state index is 11.9. The Morgan fingerprint density at radius 3 is 2.44 bits per heavy atom. The minimum absolute atomic E-state index is 0.273. The summed E-state index contributed by atoms with van der Waals surface area (Å²) in [5, 5.41) is 9.73. The monoisotopic (exact) mass is 492 g/mol. The third-order valence-electron chi connectivity index (χ3n) is 7.58. The molecule has 2 aliphatic heterocycles. The van der Waals surface area contributed by atoms with Crippen molar-refractivity contribution in [3.8, 4) is 5.88 Å². The number of carbonyl (C=O) groups is 1. The number of anilines is 1. The molecular weight excluding hydrogens is 456 g/mol. The smallest absolute Gasteiger partial charge is 0.407 e. The van der Waals surface area contributed by atoms with Crippen molar-refractivity contribution in [3.63, 3.8) is 0 Å². The maximum atomic E-state index is 11.9. The van der Waals surface area contributed by atoms with E-state index in [9.17, 15) is 9.90 Å². The van der Waals surface area contributed by atoms with Crippen LogP contribution in [0.25, 0.3) is 11.2 Å². The van der Waals surface area contributed by atoms with Gasteiger partial charge in [-0.25, -0.2) is 14.8 Å². The largest absolute Gasteiger partial charge is 0.470 e. The van der Waals surface area contributed by atoms with Gasteiger partial charge in [-0.05, 0) is 36.7 Å². The van der Waals surface area contributed by atoms with Crippen LogP contribution in [0.15, 0.2) is 36.7 Å². The Labute approximate surface area is 212 Å². The molecular formula is C27H36N6O3. The molecule has 0 bridgehead atoms. The van der Waals surface area contributed by atoms with Gasteiger partial charge in [-0.15, -0.1) is 0 Å². The molecule has 1 amide bonds. The summed E-state index contributed by atoms with van der Waals surface area (Å²) in [7, 11) is 0. The molecule has 1 N–H and O–H groups in total. The minimum Gasteiger partial charge on any atom is -0.470 e. The van der Waals surface area contributed by atoms with E-state index in [2.05, 4.69) is 56.7 Å². The molecule has 0 aliphatic carbocycles. The SMILES string of the molecule is CCn1c(N2CCC(c3ccccc3)CC2)nc2c(OC3CCN(C(=O)O)C3C(C)(C)C)ncnc21. The topological polar surface area (TPSA) is 96.6 Å². The zero-order chi connectivity index (χ0) is 25.4. The van der Waals surface area contributed by atoms with Gasteiger partial charge >= 0.3 is 6.09 Å². The number of benzene rings is 1. The molecule has 2 atom stereocenters. The maximum Gasteiger partial charge on any atom is 0.407 e. The predicted molar refractivity (Wildman–Crippen MR) is 139 cm³/mol. The highest BCUT2D eigenvalue weighted by Crippen LogP contribution is 2.37. The normalized spacial score (nSPS) is 21.3. The highest BCUT2D eigenvalue weighted by molar-refractivity contribution is 5.79. The third kappa shape index (κ3) is 4.47. The molecule has 0 spiro atoms. The number of fused-ring (bicyclic) bond motifs is 1. The number of nitrogens with zero attached hydrogens (tertiary/aromatic N) is 6. The van der Waals surface area contributed by atoms with Gasteiger partial charge in [0, 0.05) is 32.6 Å². The number of piperidine rings is 1. The van der Waals surface area contributed by atoms with Gasteiger partial charge in [0.2, 0.25) is 11.8 Å².